The second kappa shape index (κ2) is 5.96. The van der Waals surface area contributed by atoms with Crippen LogP contribution in [0.4, 0.5) is 0 Å². The van der Waals surface area contributed by atoms with Gasteiger partial charge in [0.15, 0.2) is 0 Å². The van der Waals surface area contributed by atoms with Crippen molar-refractivity contribution in [2.75, 3.05) is 13.1 Å². The highest BCUT2D eigenvalue weighted by atomic mass is 16.2. The van der Waals surface area contributed by atoms with Crippen molar-refractivity contribution in [2.24, 2.45) is 17.6 Å². The summed E-state index contributed by atoms with van der Waals surface area (Å²) in [5, 5.41) is 0. The molecule has 20 heavy (non-hydrogen) atoms. The molecule has 1 aliphatic heterocycles. The SMILES string of the molecule is NC[C@H]1CCC[C@H]1C(=O)N1CCCC1c1ccccc1. The van der Waals surface area contributed by atoms with Crippen LogP contribution in [0.3, 0.4) is 0 Å². The first kappa shape index (κ1) is 13.6. The molecule has 1 saturated carbocycles. The molecule has 1 aliphatic carbocycles. The maximum atomic E-state index is 12.9. The third-order valence-corrected chi connectivity index (χ3v) is 5.00. The Morgan fingerprint density at radius 2 is 1.95 bits per heavy atom. The van der Waals surface area contributed by atoms with Gasteiger partial charge in [-0.05, 0) is 43.7 Å². The van der Waals surface area contributed by atoms with E-state index in [4.69, 9.17) is 5.73 Å². The van der Waals surface area contributed by atoms with E-state index in [1.165, 1.54) is 5.56 Å². The van der Waals surface area contributed by atoms with E-state index in [-0.39, 0.29) is 12.0 Å². The summed E-state index contributed by atoms with van der Waals surface area (Å²) in [5.41, 5.74) is 7.11. The van der Waals surface area contributed by atoms with Crippen molar-refractivity contribution < 1.29 is 4.79 Å². The van der Waals surface area contributed by atoms with Gasteiger partial charge in [0.1, 0.15) is 0 Å². The number of likely N-dealkylation sites (tertiary alicyclic amines) is 1. The minimum Gasteiger partial charge on any atom is -0.335 e. The molecular formula is C17H24N2O. The molecular weight excluding hydrogens is 248 g/mol. The van der Waals surface area contributed by atoms with Gasteiger partial charge in [-0.1, -0.05) is 36.8 Å². The fourth-order valence-electron chi connectivity index (χ4n) is 3.91. The van der Waals surface area contributed by atoms with Crippen molar-refractivity contribution in [3.8, 4) is 0 Å². The van der Waals surface area contributed by atoms with Crippen LogP contribution in [0.1, 0.15) is 43.7 Å². The summed E-state index contributed by atoms with van der Waals surface area (Å²) < 4.78 is 0. The van der Waals surface area contributed by atoms with Crippen molar-refractivity contribution in [1.82, 2.24) is 4.90 Å². The molecule has 1 saturated heterocycles. The smallest absolute Gasteiger partial charge is 0.226 e. The standard InChI is InChI=1S/C17H24N2O/c18-12-14-8-4-9-15(14)17(20)19-11-5-10-16(19)13-6-2-1-3-7-13/h1-3,6-7,14-16H,4-5,8-12,18H2/t14-,15-,16?/m1/s1. The molecule has 1 heterocycles. The van der Waals surface area contributed by atoms with Gasteiger partial charge in [0, 0.05) is 12.5 Å². The molecule has 1 unspecified atom stereocenters. The van der Waals surface area contributed by atoms with Gasteiger partial charge in [-0.15, -0.1) is 0 Å². The van der Waals surface area contributed by atoms with Crippen molar-refractivity contribution >= 4 is 5.91 Å². The molecule has 0 bridgehead atoms. The molecule has 2 fully saturated rings. The minimum absolute atomic E-state index is 0.171. The predicted octanol–water partition coefficient (Wildman–Crippen LogP) is 2.73. The topological polar surface area (TPSA) is 46.3 Å². The van der Waals surface area contributed by atoms with Crippen molar-refractivity contribution in [1.29, 1.82) is 0 Å². The highest BCUT2D eigenvalue weighted by Crippen LogP contribution is 2.38. The molecule has 108 valence electrons. The van der Waals surface area contributed by atoms with E-state index in [1.807, 2.05) is 6.07 Å². The van der Waals surface area contributed by atoms with Crippen LogP contribution in [0.15, 0.2) is 30.3 Å². The predicted molar refractivity (Wildman–Crippen MR) is 80.0 cm³/mol. The fourth-order valence-corrected chi connectivity index (χ4v) is 3.91. The maximum absolute atomic E-state index is 12.9. The van der Waals surface area contributed by atoms with Gasteiger partial charge in [-0.2, -0.15) is 0 Å². The van der Waals surface area contributed by atoms with Crippen LogP contribution in [-0.4, -0.2) is 23.9 Å². The molecule has 3 nitrogen and oxygen atoms in total. The number of nitrogens with two attached hydrogens (primary N) is 1. The lowest BCUT2D eigenvalue weighted by molar-refractivity contribution is -0.137. The molecule has 1 aromatic rings. The molecule has 0 aromatic heterocycles. The van der Waals surface area contributed by atoms with E-state index in [0.29, 0.717) is 18.4 Å². The van der Waals surface area contributed by atoms with E-state index in [9.17, 15) is 4.79 Å². The summed E-state index contributed by atoms with van der Waals surface area (Å²) in [6, 6.07) is 10.7. The largest absolute Gasteiger partial charge is 0.335 e. The van der Waals surface area contributed by atoms with E-state index >= 15 is 0 Å². The third-order valence-electron chi connectivity index (χ3n) is 5.00. The molecule has 1 aromatic carbocycles. The summed E-state index contributed by atoms with van der Waals surface area (Å²) >= 11 is 0. The van der Waals surface area contributed by atoms with Gasteiger partial charge in [-0.25, -0.2) is 0 Å². The van der Waals surface area contributed by atoms with Gasteiger partial charge in [0.2, 0.25) is 5.91 Å². The summed E-state index contributed by atoms with van der Waals surface area (Å²) in [6.07, 6.45) is 5.51. The van der Waals surface area contributed by atoms with Crippen molar-refractivity contribution in [2.45, 2.75) is 38.1 Å². The summed E-state index contributed by atoms with van der Waals surface area (Å²) in [5.74, 6) is 0.924. The molecule has 3 rings (SSSR count). The second-order valence-corrected chi connectivity index (χ2v) is 6.13. The number of hydrogen-bond donors (Lipinski definition) is 1. The zero-order valence-corrected chi connectivity index (χ0v) is 12.0. The molecule has 3 heteroatoms. The number of rotatable bonds is 3. The zero-order chi connectivity index (χ0) is 13.9. The van der Waals surface area contributed by atoms with Gasteiger partial charge < -0.3 is 10.6 Å². The number of amides is 1. The molecule has 1 amide bonds. The Morgan fingerprint density at radius 3 is 2.70 bits per heavy atom. The molecule has 2 aliphatic rings. The van der Waals surface area contributed by atoms with Crippen LogP contribution in [-0.2, 0) is 4.79 Å². The van der Waals surface area contributed by atoms with Gasteiger partial charge >= 0.3 is 0 Å². The fraction of sp³-hybridized carbons (Fsp3) is 0.588. The molecule has 2 N–H and O–H groups in total. The van der Waals surface area contributed by atoms with Gasteiger partial charge in [-0.3, -0.25) is 4.79 Å². The Kier molecular flexibility index (Phi) is 4.06. The lowest BCUT2D eigenvalue weighted by Gasteiger charge is -2.29. The highest BCUT2D eigenvalue weighted by molar-refractivity contribution is 5.80. The Morgan fingerprint density at radius 1 is 1.15 bits per heavy atom. The zero-order valence-electron chi connectivity index (χ0n) is 12.0. The average Bonchev–Trinajstić information content (AvgIpc) is 3.16. The van der Waals surface area contributed by atoms with E-state index in [0.717, 1.165) is 38.6 Å². The van der Waals surface area contributed by atoms with Crippen molar-refractivity contribution in [3.05, 3.63) is 35.9 Å². The Hall–Kier alpha value is -1.35. The third kappa shape index (κ3) is 2.47. The first-order chi connectivity index (χ1) is 9.81. The quantitative estimate of drug-likeness (QED) is 0.919. The van der Waals surface area contributed by atoms with Crippen LogP contribution in [0.5, 0.6) is 0 Å². The number of carbonyl (C=O) groups excluding carboxylic acids is 1. The summed E-state index contributed by atoms with van der Waals surface area (Å²) in [4.78, 5) is 15.0. The van der Waals surface area contributed by atoms with Crippen LogP contribution >= 0.6 is 0 Å². The second-order valence-electron chi connectivity index (χ2n) is 6.13. The van der Waals surface area contributed by atoms with Crippen LogP contribution in [0.25, 0.3) is 0 Å². The summed E-state index contributed by atoms with van der Waals surface area (Å²) in [6.45, 7) is 1.56. The van der Waals surface area contributed by atoms with Crippen molar-refractivity contribution in [3.63, 3.8) is 0 Å². The average molecular weight is 272 g/mol. The first-order valence-corrected chi connectivity index (χ1v) is 7.86. The van der Waals surface area contributed by atoms with Crippen LogP contribution in [0.2, 0.25) is 0 Å². The number of carbonyl (C=O) groups is 1. The monoisotopic (exact) mass is 272 g/mol. The summed E-state index contributed by atoms with van der Waals surface area (Å²) in [7, 11) is 0. The number of nitrogens with zero attached hydrogens (tertiary/aromatic N) is 1. The Balaban J connectivity index is 1.77. The normalized spacial score (nSPS) is 29.9. The molecule has 3 atom stereocenters. The number of benzene rings is 1. The van der Waals surface area contributed by atoms with E-state index in [2.05, 4.69) is 29.2 Å². The van der Waals surface area contributed by atoms with Crippen LogP contribution < -0.4 is 5.73 Å². The first-order valence-electron chi connectivity index (χ1n) is 7.86. The Labute approximate surface area is 121 Å². The maximum Gasteiger partial charge on any atom is 0.226 e. The van der Waals surface area contributed by atoms with Crippen LogP contribution in [0, 0.1) is 11.8 Å². The highest BCUT2D eigenvalue weighted by Gasteiger charge is 2.38. The van der Waals surface area contributed by atoms with Gasteiger partial charge in [0.25, 0.3) is 0 Å². The Bertz CT molecular complexity index is 459. The van der Waals surface area contributed by atoms with E-state index in [1.54, 1.807) is 0 Å². The number of hydrogen-bond acceptors (Lipinski definition) is 2. The lowest BCUT2D eigenvalue weighted by atomic mass is 9.94. The van der Waals surface area contributed by atoms with E-state index < -0.39 is 0 Å². The lowest BCUT2D eigenvalue weighted by Crippen LogP contribution is -2.38. The molecule has 0 spiro atoms. The minimum atomic E-state index is 0.171. The molecule has 0 radical (unpaired) electrons. The van der Waals surface area contributed by atoms with Gasteiger partial charge in [0.05, 0.1) is 6.04 Å².